The van der Waals surface area contributed by atoms with Crippen LogP contribution in [-0.2, 0) is 0 Å². The molecule has 0 bridgehead atoms. The number of ketones is 1. The molecule has 0 aliphatic heterocycles. The maximum absolute atomic E-state index is 12.5. The van der Waals surface area contributed by atoms with E-state index in [1.54, 1.807) is 18.3 Å². The molecular formula is C15H9Br2NO2. The molecule has 2 heterocycles. The summed E-state index contributed by atoms with van der Waals surface area (Å²) in [5.74, 6) is 0.0600. The summed E-state index contributed by atoms with van der Waals surface area (Å²) in [4.78, 5) is 16.6. The maximum Gasteiger partial charge on any atom is 0.247 e. The van der Waals surface area contributed by atoms with Gasteiger partial charge in [0.05, 0.1) is 0 Å². The van der Waals surface area contributed by atoms with E-state index < -0.39 is 0 Å². The van der Waals surface area contributed by atoms with Gasteiger partial charge in [-0.3, -0.25) is 9.78 Å². The molecule has 0 saturated heterocycles. The molecule has 0 unspecified atom stereocenters. The van der Waals surface area contributed by atoms with Gasteiger partial charge >= 0.3 is 0 Å². The van der Waals surface area contributed by atoms with Crippen molar-refractivity contribution in [2.75, 3.05) is 0 Å². The fourth-order valence-corrected chi connectivity index (χ4v) is 3.19. The second kappa shape index (κ2) is 5.14. The van der Waals surface area contributed by atoms with E-state index in [0.717, 1.165) is 21.0 Å². The number of aromatic nitrogens is 1. The fraction of sp³-hybridized carbons (Fsp3) is 0.0667. The van der Waals surface area contributed by atoms with Crippen molar-refractivity contribution in [2.24, 2.45) is 0 Å². The third-order valence-corrected chi connectivity index (χ3v) is 4.03. The van der Waals surface area contributed by atoms with E-state index in [1.807, 2.05) is 25.1 Å². The van der Waals surface area contributed by atoms with Gasteiger partial charge in [0.1, 0.15) is 11.3 Å². The Morgan fingerprint density at radius 2 is 2.05 bits per heavy atom. The van der Waals surface area contributed by atoms with Gasteiger partial charge in [0.15, 0.2) is 5.76 Å². The molecule has 0 spiro atoms. The van der Waals surface area contributed by atoms with E-state index in [1.165, 1.54) is 0 Å². The Hall–Kier alpha value is -1.46. The predicted molar refractivity (Wildman–Crippen MR) is 84.0 cm³/mol. The highest BCUT2D eigenvalue weighted by Crippen LogP contribution is 2.26. The van der Waals surface area contributed by atoms with E-state index in [4.69, 9.17) is 4.42 Å². The quantitative estimate of drug-likeness (QED) is 0.581. The fourth-order valence-electron chi connectivity index (χ4n) is 2.02. The summed E-state index contributed by atoms with van der Waals surface area (Å²) in [5, 5.41) is 0.918. The first-order chi connectivity index (χ1) is 9.56. The highest BCUT2D eigenvalue weighted by atomic mass is 79.9. The minimum atomic E-state index is -0.236. The first kappa shape index (κ1) is 13.5. The molecule has 1 aromatic carbocycles. The molecule has 3 nitrogen and oxygen atoms in total. The zero-order chi connectivity index (χ0) is 14.3. The standard InChI is InChI=1S/C15H9Br2NO2/c1-8-3-2-4-9-5-12(20-15(8)9)14(19)13-11(17)6-10(16)7-18-13/h2-7H,1H3. The van der Waals surface area contributed by atoms with Crippen LogP contribution in [0.25, 0.3) is 11.0 Å². The lowest BCUT2D eigenvalue weighted by molar-refractivity contribution is 0.101. The molecule has 0 amide bonds. The Morgan fingerprint density at radius 1 is 1.25 bits per heavy atom. The molecule has 5 heteroatoms. The molecule has 0 aliphatic carbocycles. The SMILES string of the molecule is Cc1cccc2cc(C(=O)c3ncc(Br)cc3Br)oc12. The molecule has 0 atom stereocenters. The van der Waals surface area contributed by atoms with Crippen LogP contribution in [0.2, 0.25) is 0 Å². The predicted octanol–water partition coefficient (Wildman–Crippen LogP) is 4.89. The molecule has 0 saturated carbocycles. The molecule has 3 aromatic rings. The number of halogens is 2. The van der Waals surface area contributed by atoms with Gasteiger partial charge in [0.25, 0.3) is 0 Å². The van der Waals surface area contributed by atoms with Gasteiger partial charge in [0.2, 0.25) is 5.78 Å². The number of carbonyl (C=O) groups excluding carboxylic acids is 1. The molecular weight excluding hydrogens is 386 g/mol. The molecule has 0 N–H and O–H groups in total. The largest absolute Gasteiger partial charge is 0.452 e. The Labute approximate surface area is 132 Å². The average molecular weight is 395 g/mol. The van der Waals surface area contributed by atoms with Crippen molar-refractivity contribution in [1.82, 2.24) is 4.98 Å². The van der Waals surface area contributed by atoms with Gasteiger partial charge < -0.3 is 4.42 Å². The third kappa shape index (κ3) is 2.31. The van der Waals surface area contributed by atoms with Gasteiger partial charge in [-0.15, -0.1) is 0 Å². The molecule has 100 valence electrons. The van der Waals surface area contributed by atoms with Gasteiger partial charge in [-0.2, -0.15) is 0 Å². The summed E-state index contributed by atoms with van der Waals surface area (Å²) in [6.07, 6.45) is 1.59. The third-order valence-electron chi connectivity index (χ3n) is 2.99. The van der Waals surface area contributed by atoms with Crippen LogP contribution in [0.4, 0.5) is 0 Å². The number of rotatable bonds is 2. The summed E-state index contributed by atoms with van der Waals surface area (Å²) in [5.41, 5.74) is 2.08. The Balaban J connectivity index is 2.10. The highest BCUT2D eigenvalue weighted by Gasteiger charge is 2.19. The van der Waals surface area contributed by atoms with Crippen LogP contribution in [0.15, 0.2) is 49.9 Å². The van der Waals surface area contributed by atoms with Crippen LogP contribution in [-0.4, -0.2) is 10.8 Å². The van der Waals surface area contributed by atoms with Crippen LogP contribution in [0.5, 0.6) is 0 Å². The number of hydrogen-bond acceptors (Lipinski definition) is 3. The summed E-state index contributed by atoms with van der Waals surface area (Å²) in [6, 6.07) is 9.35. The minimum absolute atomic E-state index is 0.236. The van der Waals surface area contributed by atoms with Crippen molar-refractivity contribution in [3.8, 4) is 0 Å². The van der Waals surface area contributed by atoms with Crippen molar-refractivity contribution in [3.05, 3.63) is 62.5 Å². The second-order valence-corrected chi connectivity index (χ2v) is 6.19. The van der Waals surface area contributed by atoms with E-state index >= 15 is 0 Å². The smallest absolute Gasteiger partial charge is 0.247 e. The number of hydrogen-bond donors (Lipinski definition) is 0. The molecule has 20 heavy (non-hydrogen) atoms. The Bertz CT molecular complexity index is 824. The van der Waals surface area contributed by atoms with Crippen molar-refractivity contribution in [3.63, 3.8) is 0 Å². The lowest BCUT2D eigenvalue weighted by atomic mass is 10.1. The molecule has 0 radical (unpaired) electrons. The van der Waals surface area contributed by atoms with Crippen LogP contribution >= 0.6 is 31.9 Å². The normalized spacial score (nSPS) is 10.9. The Kier molecular flexibility index (Phi) is 3.48. The van der Waals surface area contributed by atoms with E-state index in [0.29, 0.717) is 15.9 Å². The zero-order valence-corrected chi connectivity index (χ0v) is 13.7. The number of fused-ring (bicyclic) bond motifs is 1. The maximum atomic E-state index is 12.5. The zero-order valence-electron chi connectivity index (χ0n) is 10.5. The number of pyridine rings is 1. The van der Waals surface area contributed by atoms with Gasteiger partial charge in [0, 0.05) is 20.5 Å². The number of nitrogens with zero attached hydrogens (tertiary/aromatic N) is 1. The van der Waals surface area contributed by atoms with E-state index in [9.17, 15) is 4.79 Å². The summed E-state index contributed by atoms with van der Waals surface area (Å²) in [6.45, 7) is 1.95. The second-order valence-electron chi connectivity index (χ2n) is 4.42. The molecule has 3 rings (SSSR count). The first-order valence-corrected chi connectivity index (χ1v) is 7.50. The summed E-state index contributed by atoms with van der Waals surface area (Å²) >= 11 is 6.66. The number of para-hydroxylation sites is 1. The lowest BCUT2D eigenvalue weighted by Gasteiger charge is -2.00. The summed E-state index contributed by atoms with van der Waals surface area (Å²) < 4.78 is 7.12. The van der Waals surface area contributed by atoms with E-state index in [-0.39, 0.29) is 5.78 Å². The highest BCUT2D eigenvalue weighted by molar-refractivity contribution is 9.11. The molecule has 0 aliphatic rings. The van der Waals surface area contributed by atoms with Crippen molar-refractivity contribution < 1.29 is 9.21 Å². The number of carbonyl (C=O) groups is 1. The molecule has 0 fully saturated rings. The van der Waals surface area contributed by atoms with Crippen LogP contribution in [0.1, 0.15) is 21.8 Å². The Morgan fingerprint density at radius 3 is 2.75 bits per heavy atom. The molecule has 2 aromatic heterocycles. The monoisotopic (exact) mass is 393 g/mol. The van der Waals surface area contributed by atoms with Crippen LogP contribution in [0.3, 0.4) is 0 Å². The summed E-state index contributed by atoms with van der Waals surface area (Å²) in [7, 11) is 0. The van der Waals surface area contributed by atoms with Gasteiger partial charge in [-0.25, -0.2) is 0 Å². The number of benzene rings is 1. The van der Waals surface area contributed by atoms with Crippen LogP contribution in [0, 0.1) is 6.92 Å². The van der Waals surface area contributed by atoms with Crippen molar-refractivity contribution >= 4 is 48.6 Å². The number of aryl methyl sites for hydroxylation is 1. The van der Waals surface area contributed by atoms with E-state index in [2.05, 4.69) is 36.8 Å². The van der Waals surface area contributed by atoms with Gasteiger partial charge in [-0.1, -0.05) is 18.2 Å². The minimum Gasteiger partial charge on any atom is -0.452 e. The van der Waals surface area contributed by atoms with Gasteiger partial charge in [-0.05, 0) is 56.5 Å². The first-order valence-electron chi connectivity index (χ1n) is 5.91. The van der Waals surface area contributed by atoms with Crippen LogP contribution < -0.4 is 0 Å². The topological polar surface area (TPSA) is 43.1 Å². The van der Waals surface area contributed by atoms with Crippen molar-refractivity contribution in [2.45, 2.75) is 6.92 Å². The van der Waals surface area contributed by atoms with Crippen molar-refractivity contribution in [1.29, 1.82) is 0 Å². The lowest BCUT2D eigenvalue weighted by Crippen LogP contribution is -2.03. The number of furan rings is 1. The average Bonchev–Trinajstić information content (AvgIpc) is 2.83.